The van der Waals surface area contributed by atoms with Crippen molar-refractivity contribution < 1.29 is 27.5 Å². The van der Waals surface area contributed by atoms with Crippen molar-refractivity contribution >= 4 is 11.9 Å². The summed E-state index contributed by atoms with van der Waals surface area (Å²) in [6.45, 7) is 3.24. The molecule has 0 spiro atoms. The van der Waals surface area contributed by atoms with Crippen molar-refractivity contribution in [2.24, 2.45) is 0 Å². The van der Waals surface area contributed by atoms with Crippen LogP contribution in [0.3, 0.4) is 0 Å². The summed E-state index contributed by atoms with van der Waals surface area (Å²) in [6.07, 6.45) is -3.76. The van der Waals surface area contributed by atoms with Gasteiger partial charge in [-0.3, -0.25) is 4.79 Å². The molecule has 0 aromatic heterocycles. The molecule has 0 aromatic rings. The van der Waals surface area contributed by atoms with Gasteiger partial charge in [0.2, 0.25) is 5.91 Å². The second-order valence-electron chi connectivity index (χ2n) is 6.16. The van der Waals surface area contributed by atoms with E-state index in [0.29, 0.717) is 26.0 Å². The summed E-state index contributed by atoms with van der Waals surface area (Å²) in [5, 5.41) is 2.58. The molecule has 2 saturated heterocycles. The number of hydrogen-bond donors (Lipinski definition) is 1. The minimum absolute atomic E-state index is 0.0652. The number of carbonyl (C=O) groups is 2. The third-order valence-electron chi connectivity index (χ3n) is 4.07. The van der Waals surface area contributed by atoms with E-state index in [0.717, 1.165) is 4.90 Å². The summed E-state index contributed by atoms with van der Waals surface area (Å²) in [5.74, 6) is -0.670. The van der Waals surface area contributed by atoms with E-state index in [1.54, 1.807) is 4.90 Å². The third kappa shape index (κ3) is 4.73. The number of carbonyl (C=O) groups excluding carboxylic acids is 2. The zero-order chi connectivity index (χ0) is 17.2. The van der Waals surface area contributed by atoms with Crippen LogP contribution < -0.4 is 5.32 Å². The molecule has 0 aliphatic carbocycles. The van der Waals surface area contributed by atoms with Gasteiger partial charge in [-0.1, -0.05) is 0 Å². The van der Waals surface area contributed by atoms with Crippen molar-refractivity contribution in [1.29, 1.82) is 0 Å². The Balaban J connectivity index is 1.95. The Hall–Kier alpha value is -1.51. The molecule has 0 saturated carbocycles. The van der Waals surface area contributed by atoms with Gasteiger partial charge in [0.05, 0.1) is 18.8 Å². The molecule has 6 nitrogen and oxygen atoms in total. The van der Waals surface area contributed by atoms with Gasteiger partial charge in [-0.25, -0.2) is 4.79 Å². The molecule has 2 heterocycles. The number of urea groups is 1. The molecule has 0 radical (unpaired) electrons. The highest BCUT2D eigenvalue weighted by molar-refractivity contribution is 5.87. The first-order valence-electron chi connectivity index (χ1n) is 7.71. The number of morpholine rings is 1. The van der Waals surface area contributed by atoms with Crippen molar-refractivity contribution in [3.63, 3.8) is 0 Å². The summed E-state index contributed by atoms with van der Waals surface area (Å²) >= 11 is 0. The van der Waals surface area contributed by atoms with Crippen LogP contribution in [0.1, 0.15) is 26.7 Å². The van der Waals surface area contributed by atoms with Gasteiger partial charge < -0.3 is 19.9 Å². The maximum absolute atomic E-state index is 12.5. The van der Waals surface area contributed by atoms with Crippen molar-refractivity contribution in [3.05, 3.63) is 0 Å². The zero-order valence-corrected chi connectivity index (χ0v) is 13.2. The smallest absolute Gasteiger partial charge is 0.375 e. The molecule has 1 N–H and O–H groups in total. The molecule has 0 unspecified atom stereocenters. The number of amides is 3. The van der Waals surface area contributed by atoms with Crippen molar-refractivity contribution in [3.8, 4) is 0 Å². The molecule has 2 rings (SSSR count). The fraction of sp³-hybridized carbons (Fsp3) is 0.857. The minimum atomic E-state index is -4.43. The number of nitrogens with one attached hydrogen (secondary N) is 1. The Kier molecular flexibility index (Phi) is 5.38. The molecule has 0 aromatic carbocycles. The van der Waals surface area contributed by atoms with Crippen LogP contribution in [0.2, 0.25) is 0 Å². The second kappa shape index (κ2) is 6.94. The number of alkyl halides is 3. The van der Waals surface area contributed by atoms with Crippen LogP contribution in [0.15, 0.2) is 0 Å². The molecule has 3 atom stereocenters. The van der Waals surface area contributed by atoms with Gasteiger partial charge in [-0.2, -0.15) is 13.2 Å². The van der Waals surface area contributed by atoms with Gasteiger partial charge in [0, 0.05) is 13.1 Å². The third-order valence-corrected chi connectivity index (χ3v) is 4.07. The predicted octanol–water partition coefficient (Wildman–Crippen LogP) is 1.36. The lowest BCUT2D eigenvalue weighted by molar-refractivity contribution is -0.164. The van der Waals surface area contributed by atoms with E-state index in [1.165, 1.54) is 0 Å². The van der Waals surface area contributed by atoms with E-state index in [4.69, 9.17) is 4.74 Å². The summed E-state index contributed by atoms with van der Waals surface area (Å²) < 4.78 is 42.9. The Morgan fingerprint density at radius 2 is 2.09 bits per heavy atom. The van der Waals surface area contributed by atoms with Gasteiger partial charge in [-0.05, 0) is 26.7 Å². The van der Waals surface area contributed by atoms with Crippen LogP contribution in [0, 0.1) is 0 Å². The quantitative estimate of drug-likeness (QED) is 0.828. The molecule has 132 valence electrons. The number of nitrogens with zero attached hydrogens (tertiary/aromatic N) is 2. The standard InChI is InChI=1S/C14H22F3N3O3/c1-9-7-23-10(2)6-20(9)13(22)18-11-4-3-5-19(12(11)21)8-14(15,16)17/h9-11H,3-8H2,1-2H3,(H,18,22)/t9-,10-,11+/m1/s1. The monoisotopic (exact) mass is 337 g/mol. The van der Waals surface area contributed by atoms with Gasteiger partial charge in [0.1, 0.15) is 12.6 Å². The molecule has 0 bridgehead atoms. The molecule has 2 aliphatic rings. The first-order chi connectivity index (χ1) is 10.7. The molecule has 3 amide bonds. The lowest BCUT2D eigenvalue weighted by Crippen LogP contribution is -2.59. The van der Waals surface area contributed by atoms with E-state index < -0.39 is 30.7 Å². The average Bonchev–Trinajstić information content (AvgIpc) is 2.44. The zero-order valence-electron chi connectivity index (χ0n) is 13.2. The lowest BCUT2D eigenvalue weighted by atomic mass is 10.0. The van der Waals surface area contributed by atoms with Crippen LogP contribution in [0.25, 0.3) is 0 Å². The molecule has 2 fully saturated rings. The van der Waals surface area contributed by atoms with E-state index in [2.05, 4.69) is 5.32 Å². The van der Waals surface area contributed by atoms with Crippen molar-refractivity contribution in [1.82, 2.24) is 15.1 Å². The number of halogens is 3. The summed E-state index contributed by atoms with van der Waals surface area (Å²) in [7, 11) is 0. The SMILES string of the molecule is C[C@@H]1CN(C(=O)N[C@H]2CCCN(CC(F)(F)F)C2=O)[C@H](C)CO1. The van der Waals surface area contributed by atoms with Crippen molar-refractivity contribution in [2.75, 3.05) is 26.2 Å². The first-order valence-corrected chi connectivity index (χ1v) is 7.71. The number of hydrogen-bond acceptors (Lipinski definition) is 3. The summed E-state index contributed by atoms with van der Waals surface area (Å²) in [4.78, 5) is 26.8. The second-order valence-corrected chi connectivity index (χ2v) is 6.16. The highest BCUT2D eigenvalue weighted by atomic mass is 19.4. The average molecular weight is 337 g/mol. The normalized spacial score (nSPS) is 29.6. The fourth-order valence-corrected chi connectivity index (χ4v) is 2.87. The summed E-state index contributed by atoms with van der Waals surface area (Å²) in [5.41, 5.74) is 0. The maximum Gasteiger partial charge on any atom is 0.406 e. The summed E-state index contributed by atoms with van der Waals surface area (Å²) in [6, 6.07) is -1.47. The number of likely N-dealkylation sites (tertiary alicyclic amines) is 1. The Morgan fingerprint density at radius 3 is 2.74 bits per heavy atom. The molecular weight excluding hydrogens is 315 g/mol. The van der Waals surface area contributed by atoms with Gasteiger partial charge in [0.25, 0.3) is 0 Å². The van der Waals surface area contributed by atoms with E-state index in [9.17, 15) is 22.8 Å². The number of rotatable bonds is 2. The largest absolute Gasteiger partial charge is 0.406 e. The van der Waals surface area contributed by atoms with Gasteiger partial charge in [-0.15, -0.1) is 0 Å². The lowest BCUT2D eigenvalue weighted by Gasteiger charge is -2.39. The number of piperidine rings is 1. The Labute approximate surface area is 132 Å². The minimum Gasteiger partial charge on any atom is -0.375 e. The molecule has 9 heteroatoms. The van der Waals surface area contributed by atoms with E-state index >= 15 is 0 Å². The van der Waals surface area contributed by atoms with Gasteiger partial charge in [0.15, 0.2) is 0 Å². The molecule has 23 heavy (non-hydrogen) atoms. The highest BCUT2D eigenvalue weighted by Crippen LogP contribution is 2.21. The maximum atomic E-state index is 12.5. The van der Waals surface area contributed by atoms with Crippen molar-refractivity contribution in [2.45, 2.75) is 51.1 Å². The van der Waals surface area contributed by atoms with Crippen LogP contribution in [-0.2, 0) is 9.53 Å². The van der Waals surface area contributed by atoms with Crippen LogP contribution in [0.5, 0.6) is 0 Å². The Morgan fingerprint density at radius 1 is 1.39 bits per heavy atom. The Bertz CT molecular complexity index is 458. The number of ether oxygens (including phenoxy) is 1. The van der Waals surface area contributed by atoms with E-state index in [-0.39, 0.29) is 18.7 Å². The fourth-order valence-electron chi connectivity index (χ4n) is 2.87. The van der Waals surface area contributed by atoms with Crippen LogP contribution in [-0.4, -0.2) is 72.3 Å². The topological polar surface area (TPSA) is 61.9 Å². The molecular formula is C14H22F3N3O3. The molecule has 2 aliphatic heterocycles. The highest BCUT2D eigenvalue weighted by Gasteiger charge is 2.38. The van der Waals surface area contributed by atoms with Crippen LogP contribution >= 0.6 is 0 Å². The van der Waals surface area contributed by atoms with Crippen LogP contribution in [0.4, 0.5) is 18.0 Å². The van der Waals surface area contributed by atoms with E-state index in [1.807, 2.05) is 13.8 Å². The first kappa shape index (κ1) is 17.8. The van der Waals surface area contributed by atoms with Gasteiger partial charge >= 0.3 is 12.2 Å². The predicted molar refractivity (Wildman–Crippen MR) is 75.8 cm³/mol.